The molecule has 0 aliphatic carbocycles. The molecule has 7 heteroatoms. The van der Waals surface area contributed by atoms with Gasteiger partial charge in [0.2, 0.25) is 10.0 Å². The third-order valence-corrected chi connectivity index (χ3v) is 6.52. The first-order chi connectivity index (χ1) is 14.4. The summed E-state index contributed by atoms with van der Waals surface area (Å²) in [5, 5.41) is -0.503. The van der Waals surface area contributed by atoms with Crippen LogP contribution in [0.2, 0.25) is 0 Å². The lowest BCUT2D eigenvalue weighted by molar-refractivity contribution is 0.593. The van der Waals surface area contributed by atoms with E-state index >= 15 is 0 Å². The highest BCUT2D eigenvalue weighted by Gasteiger charge is 2.17. The van der Waals surface area contributed by atoms with Crippen molar-refractivity contribution in [3.05, 3.63) is 79.1 Å². The molecule has 2 heterocycles. The van der Waals surface area contributed by atoms with Crippen molar-refractivity contribution in [2.24, 2.45) is 0 Å². The van der Waals surface area contributed by atoms with Crippen LogP contribution in [-0.2, 0) is 10.0 Å². The number of aromatic nitrogens is 3. The van der Waals surface area contributed by atoms with Crippen molar-refractivity contribution in [2.75, 3.05) is 4.72 Å². The Morgan fingerprint density at radius 1 is 0.833 bits per heavy atom. The maximum Gasteiger partial charge on any atom is 0.235 e. The SMILES string of the molecule is CC(C)S(=O)(=O)Nc1ccc(-c2[nH]c(-c3ccccc3)nc2-c2ccncc2)cc1. The number of nitrogens with one attached hydrogen (secondary N) is 2. The quantitative estimate of drug-likeness (QED) is 0.463. The monoisotopic (exact) mass is 418 g/mol. The predicted octanol–water partition coefficient (Wildman–Crippen LogP) is 4.96. The molecule has 152 valence electrons. The van der Waals surface area contributed by atoms with Crippen molar-refractivity contribution in [1.82, 2.24) is 15.0 Å². The minimum atomic E-state index is -3.39. The molecule has 0 saturated heterocycles. The van der Waals surface area contributed by atoms with E-state index in [1.165, 1.54) is 0 Å². The van der Waals surface area contributed by atoms with Crippen LogP contribution in [0.1, 0.15) is 13.8 Å². The minimum absolute atomic E-state index is 0.503. The molecule has 0 fully saturated rings. The lowest BCUT2D eigenvalue weighted by Crippen LogP contribution is -2.22. The first-order valence-electron chi connectivity index (χ1n) is 9.62. The number of rotatable bonds is 6. The second-order valence-corrected chi connectivity index (χ2v) is 9.42. The predicted molar refractivity (Wildman–Crippen MR) is 120 cm³/mol. The van der Waals surface area contributed by atoms with Gasteiger partial charge in [-0.3, -0.25) is 9.71 Å². The molecule has 0 saturated carbocycles. The summed E-state index contributed by atoms with van der Waals surface area (Å²) in [5.41, 5.74) is 5.04. The van der Waals surface area contributed by atoms with E-state index in [-0.39, 0.29) is 0 Å². The Hall–Kier alpha value is -3.45. The number of aromatic amines is 1. The van der Waals surface area contributed by atoms with Gasteiger partial charge in [-0.15, -0.1) is 0 Å². The van der Waals surface area contributed by atoms with E-state index in [4.69, 9.17) is 4.98 Å². The average molecular weight is 419 g/mol. The topological polar surface area (TPSA) is 87.7 Å². The summed E-state index contributed by atoms with van der Waals surface area (Å²) in [6, 6.07) is 21.0. The highest BCUT2D eigenvalue weighted by atomic mass is 32.2. The van der Waals surface area contributed by atoms with E-state index < -0.39 is 15.3 Å². The van der Waals surface area contributed by atoms with Gasteiger partial charge in [0.05, 0.1) is 16.6 Å². The van der Waals surface area contributed by atoms with Crippen LogP contribution in [0.15, 0.2) is 79.1 Å². The molecular formula is C23H22N4O2S. The lowest BCUT2D eigenvalue weighted by Gasteiger charge is -2.11. The third-order valence-electron chi connectivity index (χ3n) is 4.76. The number of imidazole rings is 1. The van der Waals surface area contributed by atoms with Gasteiger partial charge < -0.3 is 4.98 Å². The Labute approximate surface area is 176 Å². The van der Waals surface area contributed by atoms with Crippen molar-refractivity contribution in [2.45, 2.75) is 19.1 Å². The van der Waals surface area contributed by atoms with Gasteiger partial charge in [-0.25, -0.2) is 13.4 Å². The van der Waals surface area contributed by atoms with Crippen molar-refractivity contribution in [3.63, 3.8) is 0 Å². The van der Waals surface area contributed by atoms with Gasteiger partial charge in [-0.1, -0.05) is 42.5 Å². The first-order valence-corrected chi connectivity index (χ1v) is 11.2. The maximum absolute atomic E-state index is 12.1. The van der Waals surface area contributed by atoms with Gasteiger partial charge in [0.15, 0.2) is 0 Å². The molecule has 0 aliphatic heterocycles. The van der Waals surface area contributed by atoms with Crippen LogP contribution in [0.5, 0.6) is 0 Å². The fourth-order valence-corrected chi connectivity index (χ4v) is 3.72. The summed E-state index contributed by atoms with van der Waals surface area (Å²) in [6.07, 6.45) is 3.47. The van der Waals surface area contributed by atoms with E-state index in [0.717, 1.165) is 33.9 Å². The van der Waals surface area contributed by atoms with E-state index in [9.17, 15) is 8.42 Å². The van der Waals surface area contributed by atoms with Crippen LogP contribution >= 0.6 is 0 Å². The summed E-state index contributed by atoms with van der Waals surface area (Å²) < 4.78 is 26.9. The fourth-order valence-electron chi connectivity index (χ4n) is 3.02. The normalized spacial score (nSPS) is 11.6. The van der Waals surface area contributed by atoms with Crippen LogP contribution in [0.4, 0.5) is 5.69 Å². The number of hydrogen-bond donors (Lipinski definition) is 2. The number of pyridine rings is 1. The summed E-state index contributed by atoms with van der Waals surface area (Å²) in [6.45, 7) is 3.29. The molecule has 0 atom stereocenters. The maximum atomic E-state index is 12.1. The molecule has 4 aromatic rings. The molecule has 2 N–H and O–H groups in total. The molecule has 4 rings (SSSR count). The average Bonchev–Trinajstić information content (AvgIpc) is 3.21. The first kappa shape index (κ1) is 19.8. The fraction of sp³-hybridized carbons (Fsp3) is 0.130. The lowest BCUT2D eigenvalue weighted by atomic mass is 10.1. The molecule has 0 amide bonds. The molecule has 0 radical (unpaired) electrons. The summed E-state index contributed by atoms with van der Waals surface area (Å²) in [7, 11) is -3.39. The van der Waals surface area contributed by atoms with E-state index in [2.05, 4.69) is 14.7 Å². The molecule has 6 nitrogen and oxygen atoms in total. The Kier molecular flexibility index (Phi) is 5.37. The van der Waals surface area contributed by atoms with Crippen LogP contribution in [-0.4, -0.2) is 28.6 Å². The Bertz CT molecular complexity index is 1230. The van der Waals surface area contributed by atoms with Gasteiger partial charge in [0.1, 0.15) is 5.82 Å². The van der Waals surface area contributed by atoms with E-state index in [0.29, 0.717) is 5.69 Å². The molecular weight excluding hydrogens is 396 g/mol. The highest BCUT2D eigenvalue weighted by Crippen LogP contribution is 2.33. The number of nitrogens with zero attached hydrogens (tertiary/aromatic N) is 2. The minimum Gasteiger partial charge on any atom is -0.337 e. The second kappa shape index (κ2) is 8.12. The van der Waals surface area contributed by atoms with Gasteiger partial charge >= 0.3 is 0 Å². The smallest absolute Gasteiger partial charge is 0.235 e. The van der Waals surface area contributed by atoms with Crippen LogP contribution in [0.25, 0.3) is 33.9 Å². The van der Waals surface area contributed by atoms with Gasteiger partial charge in [0, 0.05) is 34.8 Å². The molecule has 2 aromatic heterocycles. The Balaban J connectivity index is 1.75. The van der Waals surface area contributed by atoms with Gasteiger partial charge in [-0.2, -0.15) is 0 Å². The standard InChI is InChI=1S/C23H22N4O2S/c1-16(2)30(28,29)27-20-10-8-17(9-11-20)21-22(18-12-14-24-15-13-18)26-23(25-21)19-6-4-3-5-7-19/h3-16,27H,1-2H3,(H,25,26). The number of benzene rings is 2. The van der Waals surface area contributed by atoms with E-state index in [1.54, 1.807) is 38.4 Å². The summed E-state index contributed by atoms with van der Waals surface area (Å²) in [5.74, 6) is 0.766. The van der Waals surface area contributed by atoms with Crippen LogP contribution in [0, 0.1) is 0 Å². The molecule has 0 unspecified atom stereocenters. The van der Waals surface area contributed by atoms with Gasteiger partial charge in [-0.05, 0) is 38.1 Å². The zero-order chi connectivity index (χ0) is 21.1. The largest absolute Gasteiger partial charge is 0.337 e. The second-order valence-electron chi connectivity index (χ2n) is 7.18. The molecule has 0 spiro atoms. The molecule has 0 bridgehead atoms. The Morgan fingerprint density at radius 3 is 2.13 bits per heavy atom. The van der Waals surface area contributed by atoms with Crippen molar-refractivity contribution < 1.29 is 8.42 Å². The molecule has 2 aromatic carbocycles. The van der Waals surface area contributed by atoms with Crippen LogP contribution in [0.3, 0.4) is 0 Å². The zero-order valence-electron chi connectivity index (χ0n) is 16.7. The number of sulfonamides is 1. The van der Waals surface area contributed by atoms with Crippen molar-refractivity contribution in [1.29, 1.82) is 0 Å². The van der Waals surface area contributed by atoms with E-state index in [1.807, 2.05) is 54.6 Å². The number of H-pyrrole nitrogens is 1. The Morgan fingerprint density at radius 2 is 1.50 bits per heavy atom. The number of anilines is 1. The van der Waals surface area contributed by atoms with Gasteiger partial charge in [0.25, 0.3) is 0 Å². The highest BCUT2D eigenvalue weighted by molar-refractivity contribution is 7.93. The summed E-state index contributed by atoms with van der Waals surface area (Å²) >= 11 is 0. The number of hydrogen-bond acceptors (Lipinski definition) is 4. The van der Waals surface area contributed by atoms with Crippen molar-refractivity contribution in [3.8, 4) is 33.9 Å². The zero-order valence-corrected chi connectivity index (χ0v) is 17.5. The summed E-state index contributed by atoms with van der Waals surface area (Å²) in [4.78, 5) is 12.4. The molecule has 30 heavy (non-hydrogen) atoms. The third kappa shape index (κ3) is 4.11. The molecule has 0 aliphatic rings. The van der Waals surface area contributed by atoms with Crippen LogP contribution < -0.4 is 4.72 Å². The van der Waals surface area contributed by atoms with Crippen molar-refractivity contribution >= 4 is 15.7 Å².